The maximum Gasteiger partial charge on any atom is 0.232 e. The lowest BCUT2D eigenvalue weighted by Gasteiger charge is -2.11. The molecule has 0 unspecified atom stereocenters. The van der Waals surface area contributed by atoms with Gasteiger partial charge in [-0.25, -0.2) is 0 Å². The van der Waals surface area contributed by atoms with Crippen LogP contribution in [0.25, 0.3) is 0 Å². The van der Waals surface area contributed by atoms with Gasteiger partial charge in [0.1, 0.15) is 0 Å². The van der Waals surface area contributed by atoms with E-state index in [1.54, 1.807) is 0 Å². The van der Waals surface area contributed by atoms with Crippen LogP contribution in [-0.4, -0.2) is 47.2 Å². The van der Waals surface area contributed by atoms with Crippen molar-refractivity contribution in [2.45, 2.75) is 19.9 Å². The van der Waals surface area contributed by atoms with Gasteiger partial charge in [-0.3, -0.25) is 0 Å². The first-order valence-corrected chi connectivity index (χ1v) is 5.75. The molecule has 0 aromatic carbocycles. The Hall–Kier alpha value is -1.59. The van der Waals surface area contributed by atoms with Gasteiger partial charge in [0.05, 0.1) is 0 Å². The van der Waals surface area contributed by atoms with Crippen LogP contribution in [0, 0.1) is 0 Å². The molecule has 1 N–H and O–H groups in total. The predicted molar refractivity (Wildman–Crippen MR) is 63.0 cm³/mol. The maximum absolute atomic E-state index is 4.45. The second kappa shape index (κ2) is 3.47. The highest BCUT2D eigenvalue weighted by atomic mass is 15.4. The van der Waals surface area contributed by atoms with Crippen molar-refractivity contribution in [2.75, 3.05) is 41.3 Å². The lowest BCUT2D eigenvalue weighted by molar-refractivity contribution is 0.864. The molecule has 0 aliphatic carbocycles. The third kappa shape index (κ3) is 2.00. The molecular weight excluding hydrogens is 204 g/mol. The summed E-state index contributed by atoms with van der Waals surface area (Å²) in [7, 11) is 0. The SMILES string of the molecule is CC(C)Nc1nc(N2CC2)nc(N2CC2)n1. The van der Waals surface area contributed by atoms with Gasteiger partial charge < -0.3 is 15.1 Å². The number of anilines is 3. The van der Waals surface area contributed by atoms with E-state index in [1.807, 2.05) is 0 Å². The average Bonchev–Trinajstić information content (AvgIpc) is 3.09. The summed E-state index contributed by atoms with van der Waals surface area (Å²) >= 11 is 0. The monoisotopic (exact) mass is 220 g/mol. The number of nitrogens with one attached hydrogen (secondary N) is 1. The summed E-state index contributed by atoms with van der Waals surface area (Å²) in [5, 5.41) is 3.24. The minimum absolute atomic E-state index is 0.339. The Morgan fingerprint density at radius 3 is 1.81 bits per heavy atom. The molecule has 0 saturated carbocycles. The predicted octanol–water partition coefficient (Wildman–Crippen LogP) is 0.332. The lowest BCUT2D eigenvalue weighted by Crippen LogP contribution is -2.15. The normalized spacial score (nSPS) is 17.9. The van der Waals surface area contributed by atoms with E-state index in [1.165, 1.54) is 0 Å². The van der Waals surface area contributed by atoms with Gasteiger partial charge >= 0.3 is 0 Å². The highest BCUT2D eigenvalue weighted by molar-refractivity contribution is 5.50. The van der Waals surface area contributed by atoms with Crippen LogP contribution < -0.4 is 15.1 Å². The van der Waals surface area contributed by atoms with Crippen LogP contribution in [0.1, 0.15) is 13.8 Å². The summed E-state index contributed by atoms with van der Waals surface area (Å²) in [6, 6.07) is 0.339. The second-order valence-electron chi connectivity index (χ2n) is 4.53. The highest BCUT2D eigenvalue weighted by Gasteiger charge is 2.27. The molecule has 0 spiro atoms. The molecule has 86 valence electrons. The van der Waals surface area contributed by atoms with E-state index >= 15 is 0 Å². The Kier molecular flexibility index (Phi) is 2.08. The van der Waals surface area contributed by atoms with E-state index in [-0.39, 0.29) is 0 Å². The van der Waals surface area contributed by atoms with Crippen LogP contribution in [0.5, 0.6) is 0 Å². The summed E-state index contributed by atoms with van der Waals surface area (Å²) in [5.74, 6) is 2.30. The number of nitrogens with zero attached hydrogens (tertiary/aromatic N) is 5. The molecule has 2 fully saturated rings. The summed E-state index contributed by atoms with van der Waals surface area (Å²) in [4.78, 5) is 17.6. The van der Waals surface area contributed by atoms with Crippen molar-refractivity contribution < 1.29 is 0 Å². The fourth-order valence-corrected chi connectivity index (χ4v) is 1.46. The summed E-state index contributed by atoms with van der Waals surface area (Å²) in [5.41, 5.74) is 0. The quantitative estimate of drug-likeness (QED) is 0.738. The van der Waals surface area contributed by atoms with Crippen molar-refractivity contribution in [3.05, 3.63) is 0 Å². The molecule has 3 rings (SSSR count). The van der Waals surface area contributed by atoms with Crippen molar-refractivity contribution in [1.82, 2.24) is 15.0 Å². The Balaban J connectivity index is 1.89. The molecule has 2 aliphatic heterocycles. The van der Waals surface area contributed by atoms with Crippen molar-refractivity contribution >= 4 is 17.8 Å². The molecule has 16 heavy (non-hydrogen) atoms. The molecule has 6 heteroatoms. The third-order valence-electron chi connectivity index (χ3n) is 2.49. The Labute approximate surface area is 94.7 Å². The van der Waals surface area contributed by atoms with E-state index in [2.05, 4.69) is 43.9 Å². The molecule has 0 atom stereocenters. The molecule has 0 bridgehead atoms. The fraction of sp³-hybridized carbons (Fsp3) is 0.700. The van der Waals surface area contributed by atoms with Crippen LogP contribution in [0.15, 0.2) is 0 Å². The first kappa shape index (κ1) is 9.62. The van der Waals surface area contributed by atoms with Crippen molar-refractivity contribution in [1.29, 1.82) is 0 Å². The molecule has 2 aliphatic rings. The maximum atomic E-state index is 4.45. The van der Waals surface area contributed by atoms with Crippen LogP contribution in [0.2, 0.25) is 0 Å². The standard InChI is InChI=1S/C10H16N6/c1-7(2)11-8-12-9(15-3-4-15)14-10(13-8)16-5-6-16/h7H,3-6H2,1-2H3,(H,11,12,13,14). The minimum atomic E-state index is 0.339. The second-order valence-corrected chi connectivity index (χ2v) is 4.53. The van der Waals surface area contributed by atoms with Gasteiger partial charge in [-0.1, -0.05) is 0 Å². The van der Waals surface area contributed by atoms with E-state index in [9.17, 15) is 0 Å². The number of hydrogen-bond donors (Lipinski definition) is 1. The molecule has 1 aromatic rings. The zero-order valence-electron chi connectivity index (χ0n) is 9.64. The average molecular weight is 220 g/mol. The van der Waals surface area contributed by atoms with Crippen LogP contribution in [0.3, 0.4) is 0 Å². The van der Waals surface area contributed by atoms with Crippen LogP contribution in [0.4, 0.5) is 17.8 Å². The first-order chi connectivity index (χ1) is 7.72. The smallest absolute Gasteiger partial charge is 0.232 e. The first-order valence-electron chi connectivity index (χ1n) is 5.75. The Morgan fingerprint density at radius 1 is 0.938 bits per heavy atom. The molecule has 0 amide bonds. The van der Waals surface area contributed by atoms with E-state index in [0.29, 0.717) is 12.0 Å². The number of aromatic nitrogens is 3. The zero-order valence-corrected chi connectivity index (χ0v) is 9.64. The van der Waals surface area contributed by atoms with Crippen LogP contribution >= 0.6 is 0 Å². The molecule has 3 heterocycles. The third-order valence-corrected chi connectivity index (χ3v) is 2.49. The van der Waals surface area contributed by atoms with Crippen molar-refractivity contribution in [3.63, 3.8) is 0 Å². The molecule has 6 nitrogen and oxygen atoms in total. The fourth-order valence-electron chi connectivity index (χ4n) is 1.46. The van der Waals surface area contributed by atoms with Crippen LogP contribution in [-0.2, 0) is 0 Å². The van der Waals surface area contributed by atoms with Gasteiger partial charge in [-0.05, 0) is 13.8 Å². The number of rotatable bonds is 4. The van der Waals surface area contributed by atoms with E-state index < -0.39 is 0 Å². The Bertz CT molecular complexity index is 366. The minimum Gasteiger partial charge on any atom is -0.352 e. The lowest BCUT2D eigenvalue weighted by atomic mass is 10.4. The van der Waals surface area contributed by atoms with Gasteiger partial charge in [0.25, 0.3) is 0 Å². The van der Waals surface area contributed by atoms with Gasteiger partial charge in [-0.15, -0.1) is 0 Å². The molecule has 0 radical (unpaired) electrons. The topological polar surface area (TPSA) is 56.7 Å². The van der Waals surface area contributed by atoms with E-state index in [4.69, 9.17) is 0 Å². The number of hydrogen-bond acceptors (Lipinski definition) is 6. The van der Waals surface area contributed by atoms with Gasteiger partial charge in [0, 0.05) is 32.2 Å². The molecule has 1 aromatic heterocycles. The zero-order chi connectivity index (χ0) is 11.1. The van der Waals surface area contributed by atoms with Gasteiger partial charge in [-0.2, -0.15) is 15.0 Å². The summed E-state index contributed by atoms with van der Waals surface area (Å²) < 4.78 is 0. The van der Waals surface area contributed by atoms with E-state index in [0.717, 1.165) is 38.1 Å². The van der Waals surface area contributed by atoms with Crippen molar-refractivity contribution in [2.24, 2.45) is 0 Å². The van der Waals surface area contributed by atoms with Gasteiger partial charge in [0.15, 0.2) is 0 Å². The summed E-state index contributed by atoms with van der Waals surface area (Å²) in [6.45, 7) is 8.40. The summed E-state index contributed by atoms with van der Waals surface area (Å²) in [6.07, 6.45) is 0. The van der Waals surface area contributed by atoms with Gasteiger partial charge in [0.2, 0.25) is 17.8 Å². The van der Waals surface area contributed by atoms with Crippen molar-refractivity contribution in [3.8, 4) is 0 Å². The molecular formula is C10H16N6. The Morgan fingerprint density at radius 2 is 1.44 bits per heavy atom. The molecule has 2 saturated heterocycles. The highest BCUT2D eigenvalue weighted by Crippen LogP contribution is 2.23. The largest absolute Gasteiger partial charge is 0.352 e.